The summed E-state index contributed by atoms with van der Waals surface area (Å²) in [7, 11) is 0. The molecule has 1 aliphatic rings. The van der Waals surface area contributed by atoms with Crippen LogP contribution < -0.4 is 10.6 Å². The molecule has 2 rings (SSSR count). The molecule has 3 N–H and O–H groups in total. The highest BCUT2D eigenvalue weighted by atomic mass is 16.3. The van der Waals surface area contributed by atoms with E-state index in [1.807, 2.05) is 13.0 Å². The second-order valence-electron chi connectivity index (χ2n) is 6.65. The minimum absolute atomic E-state index is 0.0174. The number of fused-ring (bicyclic) bond motifs is 1. The van der Waals surface area contributed by atoms with E-state index in [4.69, 9.17) is 5.11 Å². The molecule has 0 aromatic heterocycles. The van der Waals surface area contributed by atoms with E-state index >= 15 is 0 Å². The first kappa shape index (κ1) is 15.8. The van der Waals surface area contributed by atoms with Gasteiger partial charge in [-0.25, -0.2) is 4.79 Å². The number of carbonyl (C=O) groups excluding carboxylic acids is 1. The third-order valence-corrected chi connectivity index (χ3v) is 4.40. The van der Waals surface area contributed by atoms with Gasteiger partial charge in [-0.05, 0) is 42.7 Å². The van der Waals surface area contributed by atoms with Crippen molar-refractivity contribution in [2.24, 2.45) is 5.41 Å². The van der Waals surface area contributed by atoms with E-state index in [0.29, 0.717) is 6.42 Å². The highest BCUT2D eigenvalue weighted by Gasteiger charge is 2.36. The van der Waals surface area contributed by atoms with Gasteiger partial charge < -0.3 is 15.7 Å². The van der Waals surface area contributed by atoms with Gasteiger partial charge in [-0.2, -0.15) is 0 Å². The topological polar surface area (TPSA) is 61.4 Å². The van der Waals surface area contributed by atoms with Crippen molar-refractivity contribution in [2.75, 3.05) is 6.61 Å². The van der Waals surface area contributed by atoms with E-state index in [-0.39, 0.29) is 30.1 Å². The fraction of sp³-hybridized carbons (Fsp3) is 0.588. The number of rotatable bonds is 4. The van der Waals surface area contributed by atoms with Crippen LogP contribution in [-0.2, 0) is 6.42 Å². The maximum atomic E-state index is 12.2. The summed E-state index contributed by atoms with van der Waals surface area (Å²) >= 11 is 0. The number of aliphatic hydroxyl groups is 1. The van der Waals surface area contributed by atoms with Gasteiger partial charge in [-0.3, -0.25) is 0 Å². The number of amides is 2. The van der Waals surface area contributed by atoms with Gasteiger partial charge in [-0.15, -0.1) is 0 Å². The Balaban J connectivity index is 2.12. The molecule has 0 bridgehead atoms. The zero-order valence-corrected chi connectivity index (χ0v) is 13.1. The van der Waals surface area contributed by atoms with Crippen LogP contribution in [0.3, 0.4) is 0 Å². The lowest BCUT2D eigenvalue weighted by atomic mass is 9.70. The molecule has 0 spiro atoms. The lowest BCUT2D eigenvalue weighted by molar-refractivity contribution is 0.191. The van der Waals surface area contributed by atoms with Crippen molar-refractivity contribution in [3.63, 3.8) is 0 Å². The summed E-state index contributed by atoms with van der Waals surface area (Å²) < 4.78 is 0. The largest absolute Gasteiger partial charge is 0.396 e. The summed E-state index contributed by atoms with van der Waals surface area (Å²) in [4.78, 5) is 12.2. The minimum atomic E-state index is -0.161. The Morgan fingerprint density at radius 1 is 1.43 bits per heavy atom. The highest BCUT2D eigenvalue weighted by molar-refractivity contribution is 5.75. The number of aliphatic hydroxyl groups excluding tert-OH is 1. The van der Waals surface area contributed by atoms with E-state index < -0.39 is 0 Å². The van der Waals surface area contributed by atoms with Crippen molar-refractivity contribution in [3.8, 4) is 0 Å². The molecule has 2 amide bonds. The fourth-order valence-corrected chi connectivity index (χ4v) is 3.00. The van der Waals surface area contributed by atoms with E-state index in [1.165, 1.54) is 11.1 Å². The quantitative estimate of drug-likeness (QED) is 0.798. The van der Waals surface area contributed by atoms with Crippen LogP contribution in [-0.4, -0.2) is 23.8 Å². The van der Waals surface area contributed by atoms with Gasteiger partial charge in [0, 0.05) is 12.6 Å². The Hall–Kier alpha value is -1.55. The van der Waals surface area contributed by atoms with Crippen LogP contribution in [0.2, 0.25) is 0 Å². The van der Waals surface area contributed by atoms with Crippen LogP contribution in [0.5, 0.6) is 0 Å². The molecule has 4 heteroatoms. The molecule has 2 atom stereocenters. The van der Waals surface area contributed by atoms with Crippen molar-refractivity contribution >= 4 is 6.03 Å². The van der Waals surface area contributed by atoms with Crippen LogP contribution in [0, 0.1) is 5.41 Å². The number of carbonyl (C=O) groups is 1. The number of benzene rings is 1. The maximum Gasteiger partial charge on any atom is 0.315 e. The lowest BCUT2D eigenvalue weighted by Gasteiger charge is -2.40. The van der Waals surface area contributed by atoms with E-state index in [0.717, 1.165) is 12.8 Å². The van der Waals surface area contributed by atoms with Gasteiger partial charge >= 0.3 is 6.03 Å². The van der Waals surface area contributed by atoms with E-state index in [2.05, 4.69) is 42.7 Å². The molecule has 0 aliphatic heterocycles. The first-order chi connectivity index (χ1) is 9.94. The molecule has 1 aromatic rings. The summed E-state index contributed by atoms with van der Waals surface area (Å²) in [6, 6.07) is 8.16. The second kappa shape index (κ2) is 6.48. The molecular weight excluding hydrogens is 264 g/mol. The second-order valence-corrected chi connectivity index (χ2v) is 6.65. The predicted octanol–water partition coefficient (Wildman–Crippen LogP) is 2.77. The van der Waals surface area contributed by atoms with Gasteiger partial charge in [0.1, 0.15) is 0 Å². The average Bonchev–Trinajstić information content (AvgIpc) is 2.42. The SMILES string of the molecule is C[C@H](CCO)NC(=O)NC1c2ccccc2CCC1(C)C. The molecule has 0 saturated carbocycles. The van der Waals surface area contributed by atoms with Crippen LogP contribution in [0.25, 0.3) is 0 Å². The van der Waals surface area contributed by atoms with Crippen molar-refractivity contribution in [3.05, 3.63) is 35.4 Å². The van der Waals surface area contributed by atoms with E-state index in [9.17, 15) is 4.79 Å². The Kier molecular flexibility index (Phi) is 4.88. The molecular formula is C17H26N2O2. The lowest BCUT2D eigenvalue weighted by Crippen LogP contribution is -2.47. The summed E-state index contributed by atoms with van der Waals surface area (Å²) in [6.07, 6.45) is 2.68. The molecule has 1 aliphatic carbocycles. The third-order valence-electron chi connectivity index (χ3n) is 4.40. The number of hydrogen-bond donors (Lipinski definition) is 3. The van der Waals surface area contributed by atoms with Gasteiger partial charge in [0.05, 0.1) is 6.04 Å². The van der Waals surface area contributed by atoms with Crippen LogP contribution in [0.4, 0.5) is 4.79 Å². The Labute approximate surface area is 126 Å². The molecule has 0 radical (unpaired) electrons. The smallest absolute Gasteiger partial charge is 0.315 e. The zero-order valence-electron chi connectivity index (χ0n) is 13.1. The predicted molar refractivity (Wildman–Crippen MR) is 84.1 cm³/mol. The van der Waals surface area contributed by atoms with Crippen LogP contribution in [0.1, 0.15) is 50.8 Å². The van der Waals surface area contributed by atoms with Gasteiger partial charge in [0.25, 0.3) is 0 Å². The van der Waals surface area contributed by atoms with Crippen molar-refractivity contribution < 1.29 is 9.90 Å². The molecule has 4 nitrogen and oxygen atoms in total. The van der Waals surface area contributed by atoms with Crippen molar-refractivity contribution in [1.82, 2.24) is 10.6 Å². The molecule has 116 valence electrons. The van der Waals surface area contributed by atoms with E-state index in [1.54, 1.807) is 0 Å². The standard InChI is InChI=1S/C17H26N2O2/c1-12(9-11-20)18-16(21)19-15-14-7-5-4-6-13(14)8-10-17(15,2)3/h4-7,12,15,20H,8-11H2,1-3H3,(H2,18,19,21)/t12-,15?/m1/s1. The monoisotopic (exact) mass is 290 g/mol. The molecule has 21 heavy (non-hydrogen) atoms. The summed E-state index contributed by atoms with van der Waals surface area (Å²) in [5, 5.41) is 14.9. The number of nitrogens with one attached hydrogen (secondary N) is 2. The van der Waals surface area contributed by atoms with Gasteiger partial charge in [0.15, 0.2) is 0 Å². The molecule has 0 heterocycles. The Bertz CT molecular complexity index is 499. The summed E-state index contributed by atoms with van der Waals surface area (Å²) in [5.41, 5.74) is 2.58. The minimum Gasteiger partial charge on any atom is -0.396 e. The molecule has 0 fully saturated rings. The molecule has 0 saturated heterocycles. The maximum absolute atomic E-state index is 12.2. The third kappa shape index (κ3) is 3.76. The average molecular weight is 290 g/mol. The van der Waals surface area contributed by atoms with Crippen LogP contribution in [0.15, 0.2) is 24.3 Å². The summed E-state index contributed by atoms with van der Waals surface area (Å²) in [5.74, 6) is 0. The van der Waals surface area contributed by atoms with Gasteiger partial charge in [-0.1, -0.05) is 38.1 Å². The number of urea groups is 1. The number of hydrogen-bond acceptors (Lipinski definition) is 2. The van der Waals surface area contributed by atoms with Crippen LogP contribution >= 0.6 is 0 Å². The normalized spacial score (nSPS) is 21.2. The zero-order chi connectivity index (χ0) is 15.5. The van der Waals surface area contributed by atoms with Gasteiger partial charge in [0.2, 0.25) is 0 Å². The molecule has 1 aromatic carbocycles. The number of aryl methyl sites for hydroxylation is 1. The summed E-state index contributed by atoms with van der Waals surface area (Å²) in [6.45, 7) is 6.38. The molecule has 1 unspecified atom stereocenters. The first-order valence-electron chi connectivity index (χ1n) is 7.70. The first-order valence-corrected chi connectivity index (χ1v) is 7.70. The Morgan fingerprint density at radius 2 is 2.14 bits per heavy atom. The Morgan fingerprint density at radius 3 is 2.86 bits per heavy atom. The fourth-order valence-electron chi connectivity index (χ4n) is 3.00. The van der Waals surface area contributed by atoms with Crippen molar-refractivity contribution in [2.45, 2.75) is 52.1 Å². The van der Waals surface area contributed by atoms with Crippen molar-refractivity contribution in [1.29, 1.82) is 0 Å². The highest BCUT2D eigenvalue weighted by Crippen LogP contribution is 2.43.